The van der Waals surface area contributed by atoms with Crippen molar-refractivity contribution in [1.82, 2.24) is 9.97 Å². The van der Waals surface area contributed by atoms with Crippen molar-refractivity contribution in [2.45, 2.75) is 6.54 Å². The number of aromatic amines is 2. The summed E-state index contributed by atoms with van der Waals surface area (Å²) >= 11 is 8.61. The molecule has 0 spiro atoms. The summed E-state index contributed by atoms with van der Waals surface area (Å²) in [5, 5.41) is 5.45. The third-order valence-corrected chi connectivity index (χ3v) is 4.92. The Labute approximate surface area is 129 Å². The van der Waals surface area contributed by atoms with Crippen LogP contribution in [0.5, 0.6) is 0 Å². The topological polar surface area (TPSA) is 60.7 Å². The van der Waals surface area contributed by atoms with E-state index in [0.717, 1.165) is 31.5 Å². The minimum Gasteiger partial charge on any atom is -0.380 e. The summed E-state index contributed by atoms with van der Waals surface area (Å²) in [5.74, 6) is 0. The lowest BCUT2D eigenvalue weighted by Gasteiger charge is -2.07. The van der Waals surface area contributed by atoms with Gasteiger partial charge in [-0.1, -0.05) is 0 Å². The molecule has 0 unspecified atom stereocenters. The highest BCUT2D eigenvalue weighted by molar-refractivity contribution is 9.11. The van der Waals surface area contributed by atoms with E-state index >= 15 is 0 Å². The first-order chi connectivity index (χ1) is 9.11. The van der Waals surface area contributed by atoms with Crippen LogP contribution in [0.15, 0.2) is 36.6 Å². The van der Waals surface area contributed by atoms with Crippen LogP contribution in [-0.2, 0) is 6.54 Å². The fourth-order valence-corrected chi connectivity index (χ4v) is 3.52. The zero-order valence-electron chi connectivity index (χ0n) is 9.59. The maximum atomic E-state index is 11.2. The maximum Gasteiger partial charge on any atom is 0.323 e. The molecule has 0 radical (unpaired) electrons. The van der Waals surface area contributed by atoms with Crippen LogP contribution in [0.1, 0.15) is 5.56 Å². The van der Waals surface area contributed by atoms with E-state index in [0.29, 0.717) is 0 Å². The number of thiophene rings is 1. The Morgan fingerprint density at radius 2 is 1.89 bits per heavy atom. The maximum absolute atomic E-state index is 11.2. The molecule has 2 aromatic heterocycles. The number of hydrogen-bond donors (Lipinski definition) is 3. The van der Waals surface area contributed by atoms with Crippen LogP contribution in [0.2, 0.25) is 0 Å². The monoisotopic (exact) mass is 401 g/mol. The van der Waals surface area contributed by atoms with Crippen molar-refractivity contribution in [3.8, 4) is 0 Å². The van der Waals surface area contributed by atoms with Crippen LogP contribution < -0.4 is 11.0 Å². The second-order valence-electron chi connectivity index (χ2n) is 4.07. The predicted molar refractivity (Wildman–Crippen MR) is 86.0 cm³/mol. The normalized spacial score (nSPS) is 11.1. The van der Waals surface area contributed by atoms with Crippen LogP contribution in [0.25, 0.3) is 11.0 Å². The molecule has 0 atom stereocenters. The molecule has 19 heavy (non-hydrogen) atoms. The number of rotatable bonds is 3. The average Bonchev–Trinajstić information content (AvgIpc) is 2.91. The van der Waals surface area contributed by atoms with Gasteiger partial charge in [0.25, 0.3) is 0 Å². The number of hydrogen-bond acceptors (Lipinski definition) is 3. The van der Waals surface area contributed by atoms with Gasteiger partial charge in [-0.05, 0) is 61.0 Å². The smallest absolute Gasteiger partial charge is 0.323 e. The van der Waals surface area contributed by atoms with Gasteiger partial charge in [0.15, 0.2) is 0 Å². The lowest BCUT2D eigenvalue weighted by atomic mass is 10.2. The highest BCUT2D eigenvalue weighted by atomic mass is 79.9. The summed E-state index contributed by atoms with van der Waals surface area (Å²) in [4.78, 5) is 16.7. The van der Waals surface area contributed by atoms with Gasteiger partial charge in [-0.15, -0.1) is 11.3 Å². The second-order valence-corrected chi connectivity index (χ2v) is 7.21. The molecule has 3 rings (SSSR count). The van der Waals surface area contributed by atoms with Gasteiger partial charge in [0.2, 0.25) is 0 Å². The Morgan fingerprint density at radius 3 is 2.58 bits per heavy atom. The van der Waals surface area contributed by atoms with Crippen LogP contribution in [0.3, 0.4) is 0 Å². The molecule has 3 aromatic rings. The molecule has 0 aliphatic rings. The molecule has 0 fully saturated rings. The molecule has 0 aliphatic heterocycles. The van der Waals surface area contributed by atoms with Gasteiger partial charge in [0.1, 0.15) is 0 Å². The zero-order valence-corrected chi connectivity index (χ0v) is 13.6. The summed E-state index contributed by atoms with van der Waals surface area (Å²) in [5.41, 5.74) is 3.56. The van der Waals surface area contributed by atoms with E-state index in [4.69, 9.17) is 0 Å². The molecule has 4 nitrogen and oxygen atoms in total. The van der Waals surface area contributed by atoms with Crippen molar-refractivity contribution in [2.75, 3.05) is 5.32 Å². The fourth-order valence-electron chi connectivity index (χ4n) is 1.83. The van der Waals surface area contributed by atoms with E-state index in [1.807, 2.05) is 12.1 Å². The third kappa shape index (κ3) is 2.77. The van der Waals surface area contributed by atoms with E-state index in [1.165, 1.54) is 5.56 Å². The lowest BCUT2D eigenvalue weighted by Crippen LogP contribution is -1.99. The summed E-state index contributed by atoms with van der Waals surface area (Å²) in [6, 6.07) is 5.89. The van der Waals surface area contributed by atoms with Crippen LogP contribution in [0.4, 0.5) is 5.69 Å². The highest BCUT2D eigenvalue weighted by Gasteiger charge is 2.06. The molecule has 0 saturated heterocycles. The number of H-pyrrole nitrogens is 2. The lowest BCUT2D eigenvalue weighted by molar-refractivity contribution is 1.16. The SMILES string of the molecule is O=c1[nH]c2cc(Br)c(NCc3csc(Br)c3)cc2[nH]1. The molecule has 3 N–H and O–H groups in total. The van der Waals surface area contributed by atoms with Gasteiger partial charge >= 0.3 is 5.69 Å². The van der Waals surface area contributed by atoms with E-state index in [1.54, 1.807) is 11.3 Å². The summed E-state index contributed by atoms with van der Waals surface area (Å²) < 4.78 is 2.04. The Morgan fingerprint density at radius 1 is 1.16 bits per heavy atom. The first-order valence-electron chi connectivity index (χ1n) is 5.50. The molecular formula is C12H9Br2N3OS. The second kappa shape index (κ2) is 5.15. The van der Waals surface area contributed by atoms with E-state index < -0.39 is 0 Å². The zero-order chi connectivity index (χ0) is 13.4. The minimum absolute atomic E-state index is 0.194. The summed E-state index contributed by atoms with van der Waals surface area (Å²) in [7, 11) is 0. The molecule has 0 saturated carbocycles. The predicted octanol–water partition coefficient (Wildman–Crippen LogP) is 4.05. The van der Waals surface area contributed by atoms with Crippen molar-refractivity contribution in [1.29, 1.82) is 0 Å². The third-order valence-electron chi connectivity index (χ3n) is 2.71. The quantitative estimate of drug-likeness (QED) is 0.618. The number of halogens is 2. The molecule has 0 bridgehead atoms. The van der Waals surface area contributed by atoms with Gasteiger partial charge in [0.05, 0.1) is 20.5 Å². The first kappa shape index (κ1) is 13.0. The molecule has 1 aromatic carbocycles. The number of fused-ring (bicyclic) bond motifs is 1. The summed E-state index contributed by atoms with van der Waals surface area (Å²) in [6.45, 7) is 0.737. The molecule has 2 heterocycles. The van der Waals surface area contributed by atoms with E-state index in [2.05, 4.69) is 58.6 Å². The largest absolute Gasteiger partial charge is 0.380 e. The summed E-state index contributed by atoms with van der Waals surface area (Å²) in [6.07, 6.45) is 0. The van der Waals surface area contributed by atoms with Gasteiger partial charge < -0.3 is 15.3 Å². The highest BCUT2D eigenvalue weighted by Crippen LogP contribution is 2.27. The number of benzene rings is 1. The number of anilines is 1. The van der Waals surface area contributed by atoms with Crippen molar-refractivity contribution < 1.29 is 0 Å². The fraction of sp³-hybridized carbons (Fsp3) is 0.0833. The van der Waals surface area contributed by atoms with Crippen LogP contribution >= 0.6 is 43.2 Å². The number of aromatic nitrogens is 2. The Balaban J connectivity index is 1.87. The standard InChI is InChI=1S/C12H9Br2N3OS/c13-7-2-9-10(17-12(18)16-9)3-8(7)15-4-6-1-11(14)19-5-6/h1-3,5,15H,4H2,(H2,16,17,18). The molecule has 7 heteroatoms. The van der Waals surface area contributed by atoms with Crippen LogP contribution in [0, 0.1) is 0 Å². The van der Waals surface area contributed by atoms with Crippen LogP contribution in [-0.4, -0.2) is 9.97 Å². The Hall–Kier alpha value is -1.05. The van der Waals surface area contributed by atoms with Gasteiger partial charge in [-0.3, -0.25) is 0 Å². The van der Waals surface area contributed by atoms with E-state index in [-0.39, 0.29) is 5.69 Å². The Bertz CT molecular complexity index is 790. The van der Waals surface area contributed by atoms with Crippen molar-refractivity contribution in [3.63, 3.8) is 0 Å². The molecular weight excluding hydrogens is 394 g/mol. The molecule has 0 amide bonds. The van der Waals surface area contributed by atoms with Gasteiger partial charge in [-0.2, -0.15) is 0 Å². The van der Waals surface area contributed by atoms with Gasteiger partial charge in [0, 0.05) is 11.0 Å². The number of imidazole rings is 1. The van der Waals surface area contributed by atoms with Crippen molar-refractivity contribution in [3.05, 3.63) is 47.9 Å². The first-order valence-corrected chi connectivity index (χ1v) is 7.97. The van der Waals surface area contributed by atoms with Crippen molar-refractivity contribution >= 4 is 59.9 Å². The van der Waals surface area contributed by atoms with E-state index in [9.17, 15) is 4.79 Å². The van der Waals surface area contributed by atoms with Gasteiger partial charge in [-0.25, -0.2) is 4.79 Å². The molecule has 98 valence electrons. The average molecular weight is 403 g/mol. The van der Waals surface area contributed by atoms with Crippen molar-refractivity contribution in [2.24, 2.45) is 0 Å². The number of nitrogens with one attached hydrogen (secondary N) is 3. The molecule has 0 aliphatic carbocycles. The minimum atomic E-state index is -0.194. The Kier molecular flexibility index (Phi) is 3.51.